The van der Waals surface area contributed by atoms with E-state index in [4.69, 9.17) is 33.3 Å². The van der Waals surface area contributed by atoms with Gasteiger partial charge in [-0.25, -0.2) is 9.36 Å². The minimum absolute atomic E-state index is 0.00780. The number of alkyl carbamates (subject to hydrolysis) is 1. The lowest BCUT2D eigenvalue weighted by Crippen LogP contribution is -2.34. The van der Waals surface area contributed by atoms with E-state index in [0.29, 0.717) is 12.8 Å². The van der Waals surface area contributed by atoms with E-state index < -0.39 is 25.6 Å². The Kier molecular flexibility index (Phi) is 29.3. The summed E-state index contributed by atoms with van der Waals surface area (Å²) in [5.74, 6) is -0.168. The number of carbonyl (C=O) groups excluding carboxylic acids is 2. The van der Waals surface area contributed by atoms with E-state index in [9.17, 15) is 14.2 Å². The van der Waals surface area contributed by atoms with Gasteiger partial charge in [0.15, 0.2) is 0 Å². The molecule has 1 N–H and O–H groups in total. The van der Waals surface area contributed by atoms with Gasteiger partial charge in [-0.05, 0) is 45.6 Å². The predicted molar refractivity (Wildman–Crippen MR) is 193 cm³/mol. The van der Waals surface area contributed by atoms with Crippen LogP contribution in [0.2, 0.25) is 0 Å². The molecule has 0 aliphatic carbocycles. The molecule has 0 aromatic carbocycles. The Morgan fingerprint density at radius 1 is 0.857 bits per heavy atom. The van der Waals surface area contributed by atoms with Gasteiger partial charge in [-0.3, -0.25) is 18.4 Å². The summed E-state index contributed by atoms with van der Waals surface area (Å²) in [4.78, 5) is 27.3. The summed E-state index contributed by atoms with van der Waals surface area (Å²) in [6, 6.07) is -0.823. The van der Waals surface area contributed by atoms with Crippen LogP contribution in [0.5, 0.6) is 0 Å². The van der Waals surface area contributed by atoms with Crippen molar-refractivity contribution >= 4 is 19.9 Å². The quantitative estimate of drug-likeness (QED) is 0.0132. The van der Waals surface area contributed by atoms with Crippen molar-refractivity contribution in [2.45, 2.75) is 162 Å². The number of azide groups is 1. The second-order valence-corrected chi connectivity index (χ2v) is 14.9. The normalized spacial score (nSPS) is 13.9. The fourth-order valence-corrected chi connectivity index (χ4v) is 5.92. The minimum Gasteiger partial charge on any atom is -0.462 e. The molecule has 0 saturated heterocycles. The number of esters is 1. The smallest absolute Gasteiger partial charge is 0.462 e. The van der Waals surface area contributed by atoms with Crippen molar-refractivity contribution in [2.75, 3.05) is 39.6 Å². The van der Waals surface area contributed by atoms with Gasteiger partial charge in [-0.2, -0.15) is 0 Å². The first-order chi connectivity index (χ1) is 23.5. The van der Waals surface area contributed by atoms with Crippen LogP contribution in [-0.2, 0) is 37.1 Å². The van der Waals surface area contributed by atoms with Crippen LogP contribution >= 0.6 is 7.82 Å². The molecule has 0 radical (unpaired) electrons. The molecular formula is C35H67N4O9P. The predicted octanol–water partition coefficient (Wildman–Crippen LogP) is 10.1. The zero-order chi connectivity index (χ0) is 36.6. The number of carbonyl (C=O) groups is 2. The molecular weight excluding hydrogens is 651 g/mol. The summed E-state index contributed by atoms with van der Waals surface area (Å²) in [7, 11) is -4.09. The molecule has 1 amide bonds. The molecule has 0 saturated carbocycles. The van der Waals surface area contributed by atoms with Crippen molar-refractivity contribution in [2.24, 2.45) is 5.11 Å². The Morgan fingerprint density at radius 3 is 2.06 bits per heavy atom. The van der Waals surface area contributed by atoms with Gasteiger partial charge in [-0.1, -0.05) is 102 Å². The number of nitrogens with zero attached hydrogens (tertiary/aromatic N) is 3. The summed E-state index contributed by atoms with van der Waals surface area (Å²) in [6.45, 7) is 12.8. The van der Waals surface area contributed by atoms with Gasteiger partial charge in [-0.15, -0.1) is 6.58 Å². The largest absolute Gasteiger partial charge is 0.475 e. The van der Waals surface area contributed by atoms with Crippen molar-refractivity contribution in [3.63, 3.8) is 0 Å². The number of hydrogen-bond acceptors (Lipinski definition) is 10. The van der Waals surface area contributed by atoms with Crippen molar-refractivity contribution < 1.29 is 41.9 Å². The topological polar surface area (TPSA) is 167 Å². The standard InChI is InChI=1S/C35H67N4O9P/c1-7-10-12-14-15-16-17-19-21-23-33(40)47-32(22-20-18-13-11-8-2)24-27-43-29-31(38-39-36)30-46-49(42,44-26-9-3)45-28-25-37-34(41)48-35(4,5)6/h9,31-32H,3,7-8,10-30H2,1-2,4-6H3,(H,37,41)/t31-,32-,49?/m1/s1. The summed E-state index contributed by atoms with van der Waals surface area (Å²) < 4.78 is 46.0. The number of unbranched alkanes of at least 4 members (excludes halogenated alkanes) is 12. The van der Waals surface area contributed by atoms with Gasteiger partial charge in [0.05, 0.1) is 39.1 Å². The third kappa shape index (κ3) is 30.4. The first-order valence-electron chi connectivity index (χ1n) is 18.4. The highest BCUT2D eigenvalue weighted by atomic mass is 31.2. The molecule has 1 unspecified atom stereocenters. The Labute approximate surface area is 296 Å². The molecule has 0 heterocycles. The molecule has 0 spiro atoms. The second kappa shape index (κ2) is 30.7. The zero-order valence-corrected chi connectivity index (χ0v) is 32.1. The van der Waals surface area contributed by atoms with Crippen molar-refractivity contribution in [3.05, 3.63) is 23.1 Å². The lowest BCUT2D eigenvalue weighted by Gasteiger charge is -2.21. The summed E-state index contributed by atoms with van der Waals surface area (Å²) in [5.41, 5.74) is 8.41. The Balaban J connectivity index is 4.80. The average Bonchev–Trinajstić information content (AvgIpc) is 3.04. The highest BCUT2D eigenvalue weighted by Crippen LogP contribution is 2.49. The molecule has 0 bridgehead atoms. The van der Waals surface area contributed by atoms with E-state index in [2.05, 4.69) is 35.8 Å². The van der Waals surface area contributed by atoms with Crippen LogP contribution in [0.25, 0.3) is 10.4 Å². The summed E-state index contributed by atoms with van der Waals surface area (Å²) in [6.07, 6.45) is 18.4. The first kappa shape index (κ1) is 46.9. The number of nitrogens with one attached hydrogen (secondary N) is 1. The van der Waals surface area contributed by atoms with E-state index in [-0.39, 0.29) is 51.7 Å². The van der Waals surface area contributed by atoms with Crippen molar-refractivity contribution in [1.82, 2.24) is 5.32 Å². The average molecular weight is 719 g/mol. The van der Waals surface area contributed by atoms with E-state index in [1.165, 1.54) is 51.0 Å². The van der Waals surface area contributed by atoms with Crippen LogP contribution in [0, 0.1) is 0 Å². The number of phosphoric acid groups is 1. The molecule has 49 heavy (non-hydrogen) atoms. The maximum absolute atomic E-state index is 13.1. The molecule has 14 heteroatoms. The van der Waals surface area contributed by atoms with E-state index >= 15 is 0 Å². The molecule has 3 atom stereocenters. The Bertz CT molecular complexity index is 958. The first-order valence-corrected chi connectivity index (χ1v) is 19.9. The maximum Gasteiger partial charge on any atom is 0.475 e. The molecule has 0 aliphatic heterocycles. The second-order valence-electron chi connectivity index (χ2n) is 13.2. The van der Waals surface area contributed by atoms with E-state index in [1.54, 1.807) is 20.8 Å². The fourth-order valence-electron chi connectivity index (χ4n) is 4.74. The highest BCUT2D eigenvalue weighted by molar-refractivity contribution is 7.48. The van der Waals surface area contributed by atoms with Crippen LogP contribution in [-0.4, -0.2) is 69.4 Å². The molecule has 0 rings (SSSR count). The van der Waals surface area contributed by atoms with Gasteiger partial charge in [0, 0.05) is 24.3 Å². The molecule has 0 aromatic rings. The number of amides is 1. The summed E-state index contributed by atoms with van der Waals surface area (Å²) in [5, 5.41) is 6.19. The van der Waals surface area contributed by atoms with E-state index in [0.717, 1.165) is 51.4 Å². The summed E-state index contributed by atoms with van der Waals surface area (Å²) >= 11 is 0. The van der Waals surface area contributed by atoms with Gasteiger partial charge >= 0.3 is 19.9 Å². The van der Waals surface area contributed by atoms with Gasteiger partial charge in [0.1, 0.15) is 11.7 Å². The van der Waals surface area contributed by atoms with Crippen LogP contribution in [0.15, 0.2) is 17.8 Å². The van der Waals surface area contributed by atoms with Crippen molar-refractivity contribution in [3.8, 4) is 0 Å². The van der Waals surface area contributed by atoms with Crippen molar-refractivity contribution in [1.29, 1.82) is 0 Å². The third-order valence-electron chi connectivity index (χ3n) is 7.32. The highest BCUT2D eigenvalue weighted by Gasteiger charge is 2.28. The molecule has 0 aliphatic rings. The van der Waals surface area contributed by atoms with Gasteiger partial charge in [0.2, 0.25) is 0 Å². The lowest BCUT2D eigenvalue weighted by atomic mass is 10.1. The van der Waals surface area contributed by atoms with Crippen LogP contribution in [0.4, 0.5) is 4.79 Å². The Morgan fingerprint density at radius 2 is 1.47 bits per heavy atom. The SMILES string of the molecule is C=CCOP(=O)(OCCNC(=O)OC(C)(C)C)OC[C@@H](COCC[C@@H](CCCCCCC)OC(=O)CCCCCCCCCCC)N=[N+]=[N-]. The molecule has 13 nitrogen and oxygen atoms in total. The number of rotatable bonds is 33. The lowest BCUT2D eigenvalue weighted by molar-refractivity contribution is -0.150. The van der Waals surface area contributed by atoms with Crippen LogP contribution in [0.1, 0.15) is 144 Å². The van der Waals surface area contributed by atoms with Gasteiger partial charge < -0.3 is 19.5 Å². The molecule has 0 aromatic heterocycles. The van der Waals surface area contributed by atoms with E-state index in [1.807, 2.05) is 0 Å². The fraction of sp³-hybridized carbons (Fsp3) is 0.886. The minimum atomic E-state index is -4.09. The molecule has 286 valence electrons. The molecule has 0 fully saturated rings. The maximum atomic E-state index is 13.1. The van der Waals surface area contributed by atoms with Gasteiger partial charge in [0.25, 0.3) is 0 Å². The third-order valence-corrected chi connectivity index (χ3v) is 8.75. The Hall–Kier alpha value is -2.14. The number of hydrogen-bond donors (Lipinski definition) is 1. The number of phosphoric ester groups is 1. The zero-order valence-electron chi connectivity index (χ0n) is 31.2. The monoisotopic (exact) mass is 718 g/mol. The number of ether oxygens (including phenoxy) is 3. The van der Waals surface area contributed by atoms with Crippen LogP contribution in [0.3, 0.4) is 0 Å². The van der Waals surface area contributed by atoms with Crippen LogP contribution < -0.4 is 5.32 Å².